The van der Waals surface area contributed by atoms with E-state index in [-0.39, 0.29) is 18.3 Å². The van der Waals surface area contributed by atoms with Gasteiger partial charge in [0, 0.05) is 10.9 Å². The van der Waals surface area contributed by atoms with Gasteiger partial charge in [0.05, 0.1) is 12.1 Å². The van der Waals surface area contributed by atoms with Crippen LogP contribution in [0.2, 0.25) is 0 Å². The van der Waals surface area contributed by atoms with E-state index < -0.39 is 5.54 Å². The van der Waals surface area contributed by atoms with E-state index in [0.29, 0.717) is 11.3 Å². The topological polar surface area (TPSA) is 68.3 Å². The van der Waals surface area contributed by atoms with Crippen LogP contribution in [0, 0.1) is 12.7 Å². The van der Waals surface area contributed by atoms with Crippen molar-refractivity contribution in [3.8, 4) is 0 Å². The molecule has 1 aliphatic rings. The van der Waals surface area contributed by atoms with Crippen LogP contribution in [0.5, 0.6) is 0 Å². The molecule has 1 heterocycles. The molecule has 3 rings (SSSR count). The number of halogens is 1. The Hall–Kier alpha value is -1.88. The van der Waals surface area contributed by atoms with Crippen LogP contribution in [-0.4, -0.2) is 11.4 Å². The molecule has 3 N–H and O–H groups in total. The lowest BCUT2D eigenvalue weighted by Gasteiger charge is -2.31. The average Bonchev–Trinajstić information content (AvgIpc) is 2.82. The molecule has 1 aromatic carbocycles. The fourth-order valence-corrected chi connectivity index (χ4v) is 3.16. The summed E-state index contributed by atoms with van der Waals surface area (Å²) in [5, 5.41) is 3.61. The molecule has 0 bridgehead atoms. The van der Waals surface area contributed by atoms with Gasteiger partial charge >= 0.3 is 0 Å². The average molecular weight is 304 g/mol. The molecule has 0 spiro atoms. The Morgan fingerprint density at radius 2 is 2.09 bits per heavy atom. The number of hydrogen-bond acceptors (Lipinski definition) is 3. The molecule has 118 valence electrons. The maximum atomic E-state index is 13.3. The predicted octanol–water partition coefficient (Wildman–Crippen LogP) is 3.16. The molecule has 1 aliphatic carbocycles. The normalized spacial score (nSPS) is 17.6. The van der Waals surface area contributed by atoms with E-state index >= 15 is 0 Å². The highest BCUT2D eigenvalue weighted by atomic mass is 19.1. The number of nitrogens with two attached hydrogens (primary N) is 1. The number of carbonyl (C=O) groups excluding carboxylic acids is 1. The van der Waals surface area contributed by atoms with Crippen molar-refractivity contribution in [3.05, 3.63) is 35.3 Å². The van der Waals surface area contributed by atoms with Crippen LogP contribution in [0.1, 0.15) is 43.4 Å². The van der Waals surface area contributed by atoms with E-state index in [2.05, 4.69) is 5.32 Å². The molecule has 2 aromatic rings. The molecule has 1 aromatic heterocycles. The van der Waals surface area contributed by atoms with E-state index in [9.17, 15) is 9.18 Å². The second-order valence-electron chi connectivity index (χ2n) is 6.19. The summed E-state index contributed by atoms with van der Waals surface area (Å²) in [6.45, 7) is 2.14. The Bertz CT molecular complexity index is 702. The summed E-state index contributed by atoms with van der Waals surface area (Å²) in [5.74, 6) is 0.224. The third-order valence-electron chi connectivity index (χ3n) is 4.60. The van der Waals surface area contributed by atoms with Crippen molar-refractivity contribution in [3.63, 3.8) is 0 Å². The van der Waals surface area contributed by atoms with Crippen LogP contribution in [0.4, 0.5) is 4.39 Å². The third-order valence-corrected chi connectivity index (χ3v) is 4.60. The van der Waals surface area contributed by atoms with Gasteiger partial charge in [-0.2, -0.15) is 0 Å². The first-order valence-electron chi connectivity index (χ1n) is 7.74. The zero-order valence-corrected chi connectivity index (χ0v) is 12.7. The molecule has 0 atom stereocenters. The molecule has 0 aliphatic heterocycles. The maximum absolute atomic E-state index is 13.3. The smallest absolute Gasteiger partial charge is 0.240 e. The second-order valence-corrected chi connectivity index (χ2v) is 6.19. The van der Waals surface area contributed by atoms with Gasteiger partial charge in [-0.1, -0.05) is 19.3 Å². The monoisotopic (exact) mass is 304 g/mol. The Morgan fingerprint density at radius 3 is 2.82 bits per heavy atom. The van der Waals surface area contributed by atoms with Crippen LogP contribution in [-0.2, 0) is 11.3 Å². The van der Waals surface area contributed by atoms with Crippen molar-refractivity contribution in [2.75, 3.05) is 0 Å². The zero-order chi connectivity index (χ0) is 15.7. The van der Waals surface area contributed by atoms with Crippen molar-refractivity contribution >= 4 is 16.9 Å². The van der Waals surface area contributed by atoms with Crippen LogP contribution < -0.4 is 11.1 Å². The van der Waals surface area contributed by atoms with Gasteiger partial charge in [0.15, 0.2) is 0 Å². The number of fused-ring (bicyclic) bond motifs is 1. The first-order valence-corrected chi connectivity index (χ1v) is 7.74. The van der Waals surface area contributed by atoms with E-state index in [1.165, 1.54) is 12.1 Å². The quantitative estimate of drug-likeness (QED) is 0.915. The fourth-order valence-electron chi connectivity index (χ4n) is 3.16. The van der Waals surface area contributed by atoms with Gasteiger partial charge in [0.2, 0.25) is 5.91 Å². The lowest BCUT2D eigenvalue weighted by Crippen LogP contribution is -2.54. The highest BCUT2D eigenvalue weighted by Crippen LogP contribution is 2.28. The SMILES string of the molecule is Cc1c(CNC(=O)C2(N)CCCCC2)oc2ccc(F)cc12. The largest absolute Gasteiger partial charge is 0.459 e. The zero-order valence-electron chi connectivity index (χ0n) is 12.7. The van der Waals surface area contributed by atoms with Crippen molar-refractivity contribution in [2.45, 2.75) is 51.1 Å². The number of amides is 1. The summed E-state index contributed by atoms with van der Waals surface area (Å²) >= 11 is 0. The van der Waals surface area contributed by atoms with Crippen molar-refractivity contribution in [1.29, 1.82) is 0 Å². The Kier molecular flexibility index (Phi) is 3.91. The molecular formula is C17H21FN2O2. The molecule has 5 heteroatoms. The minimum absolute atomic E-state index is 0.127. The first-order chi connectivity index (χ1) is 10.5. The minimum atomic E-state index is -0.760. The summed E-state index contributed by atoms with van der Waals surface area (Å²) in [7, 11) is 0. The number of hydrogen-bond donors (Lipinski definition) is 2. The van der Waals surface area contributed by atoms with E-state index in [1.807, 2.05) is 6.92 Å². The third kappa shape index (κ3) is 2.73. The number of benzene rings is 1. The molecule has 22 heavy (non-hydrogen) atoms. The molecule has 4 nitrogen and oxygen atoms in total. The van der Waals surface area contributed by atoms with Gasteiger partial charge in [-0.15, -0.1) is 0 Å². The number of rotatable bonds is 3. The standard InChI is InChI=1S/C17H21FN2O2/c1-11-13-9-12(18)5-6-14(13)22-15(11)10-20-16(21)17(19)7-3-2-4-8-17/h5-6,9H,2-4,7-8,10,19H2,1H3,(H,20,21). The van der Waals surface area contributed by atoms with Crippen LogP contribution in [0.15, 0.2) is 22.6 Å². The second kappa shape index (κ2) is 5.72. The fraction of sp³-hybridized carbons (Fsp3) is 0.471. The summed E-state index contributed by atoms with van der Waals surface area (Å²) in [6.07, 6.45) is 4.58. The lowest BCUT2D eigenvalue weighted by molar-refractivity contribution is -0.127. The summed E-state index contributed by atoms with van der Waals surface area (Å²) in [4.78, 5) is 12.3. The van der Waals surface area contributed by atoms with Gasteiger partial charge in [0.25, 0.3) is 0 Å². The van der Waals surface area contributed by atoms with Gasteiger partial charge in [-0.3, -0.25) is 4.79 Å². The highest BCUT2D eigenvalue weighted by molar-refractivity contribution is 5.86. The molecule has 1 amide bonds. The Morgan fingerprint density at radius 1 is 1.36 bits per heavy atom. The van der Waals surface area contributed by atoms with Gasteiger partial charge in [0.1, 0.15) is 17.2 Å². The van der Waals surface area contributed by atoms with Crippen molar-refractivity contribution < 1.29 is 13.6 Å². The van der Waals surface area contributed by atoms with Gasteiger partial charge in [-0.05, 0) is 38.0 Å². The predicted molar refractivity (Wildman–Crippen MR) is 82.8 cm³/mol. The first kappa shape index (κ1) is 15.0. The van der Waals surface area contributed by atoms with Gasteiger partial charge < -0.3 is 15.5 Å². The summed E-state index contributed by atoms with van der Waals surface area (Å²) in [5.41, 5.74) is 6.93. The molecule has 1 saturated carbocycles. The Balaban J connectivity index is 1.73. The highest BCUT2D eigenvalue weighted by Gasteiger charge is 2.35. The molecular weight excluding hydrogens is 283 g/mol. The molecule has 0 radical (unpaired) electrons. The lowest BCUT2D eigenvalue weighted by atomic mass is 9.82. The molecule has 0 unspecified atom stereocenters. The number of nitrogens with one attached hydrogen (secondary N) is 1. The van der Waals surface area contributed by atoms with E-state index in [0.717, 1.165) is 43.1 Å². The van der Waals surface area contributed by atoms with Crippen molar-refractivity contribution in [2.24, 2.45) is 5.73 Å². The molecule has 1 fully saturated rings. The number of aryl methyl sites for hydroxylation is 1. The van der Waals surface area contributed by atoms with Crippen LogP contribution in [0.25, 0.3) is 11.0 Å². The van der Waals surface area contributed by atoms with Crippen LogP contribution >= 0.6 is 0 Å². The molecule has 0 saturated heterocycles. The van der Waals surface area contributed by atoms with Crippen LogP contribution in [0.3, 0.4) is 0 Å². The summed E-state index contributed by atoms with van der Waals surface area (Å²) in [6, 6.07) is 4.42. The number of furan rings is 1. The van der Waals surface area contributed by atoms with E-state index in [4.69, 9.17) is 10.2 Å². The van der Waals surface area contributed by atoms with Gasteiger partial charge in [-0.25, -0.2) is 4.39 Å². The number of carbonyl (C=O) groups is 1. The maximum Gasteiger partial charge on any atom is 0.240 e. The Labute approximate surface area is 128 Å². The minimum Gasteiger partial charge on any atom is -0.459 e. The summed E-state index contributed by atoms with van der Waals surface area (Å²) < 4.78 is 19.0. The van der Waals surface area contributed by atoms with Crippen molar-refractivity contribution in [1.82, 2.24) is 5.32 Å². The van der Waals surface area contributed by atoms with E-state index in [1.54, 1.807) is 6.07 Å².